The molecule has 1 aromatic carbocycles. The second-order valence-electron chi connectivity index (χ2n) is 12.9. The molecule has 5 aliphatic heterocycles. The van der Waals surface area contributed by atoms with E-state index in [9.17, 15) is 24.3 Å². The summed E-state index contributed by atoms with van der Waals surface area (Å²) >= 11 is 0. The lowest BCUT2D eigenvalue weighted by atomic mass is 9.96. The van der Waals surface area contributed by atoms with Crippen molar-refractivity contribution >= 4 is 29.5 Å². The van der Waals surface area contributed by atoms with Crippen molar-refractivity contribution in [1.82, 2.24) is 29.8 Å². The predicted molar refractivity (Wildman–Crippen MR) is 161 cm³/mol. The van der Waals surface area contributed by atoms with Crippen LogP contribution in [0.4, 0.5) is 10.5 Å². The van der Waals surface area contributed by atoms with E-state index >= 15 is 0 Å². The lowest BCUT2D eigenvalue weighted by molar-refractivity contribution is -0.136. The third kappa shape index (κ3) is 6.66. The van der Waals surface area contributed by atoms with Gasteiger partial charge in [0.25, 0.3) is 5.91 Å². The van der Waals surface area contributed by atoms with E-state index in [0.29, 0.717) is 31.6 Å². The lowest BCUT2D eigenvalue weighted by Crippen LogP contribution is -2.55. The molecule has 4 amide bonds. The quantitative estimate of drug-likeness (QED) is 0.445. The molecule has 12 nitrogen and oxygen atoms in total. The summed E-state index contributed by atoms with van der Waals surface area (Å²) in [5, 5.41) is 11.6. The van der Waals surface area contributed by atoms with Gasteiger partial charge in [-0.15, -0.1) is 0 Å². The summed E-state index contributed by atoms with van der Waals surface area (Å²) in [7, 11) is 0. The molecule has 5 aliphatic rings. The molecule has 12 heteroatoms. The van der Waals surface area contributed by atoms with Crippen molar-refractivity contribution in [3.05, 3.63) is 29.3 Å². The standard InChI is InChI=1S/C31H45N7O5/c1-22-19-37(31(42)43)17-16-35(22)13-10-33-8-6-23(7-9-33)20-34-11-14-36(15-12-34)25-2-3-26-24(18-25)21-38(30(26)41)27-4-5-28(39)32-29(27)40/h2-3,18,22-23,27H,4-17,19-21H2,1H3,(H,42,43)(H,32,39,40)/t22-,27?/m0/s1. The van der Waals surface area contributed by atoms with Crippen molar-refractivity contribution in [3.63, 3.8) is 0 Å². The van der Waals surface area contributed by atoms with Crippen LogP contribution in [0.3, 0.4) is 0 Å². The molecule has 234 valence electrons. The number of amides is 4. The number of hydrogen-bond donors (Lipinski definition) is 2. The smallest absolute Gasteiger partial charge is 0.407 e. The van der Waals surface area contributed by atoms with Crippen LogP contribution >= 0.6 is 0 Å². The van der Waals surface area contributed by atoms with Gasteiger partial charge in [0, 0.05) is 95.7 Å². The van der Waals surface area contributed by atoms with Crippen LogP contribution in [0.5, 0.6) is 0 Å². The second kappa shape index (κ2) is 12.8. The van der Waals surface area contributed by atoms with Gasteiger partial charge in [0.15, 0.2) is 0 Å². The summed E-state index contributed by atoms with van der Waals surface area (Å²) in [6.45, 7) is 14.0. The zero-order valence-corrected chi connectivity index (χ0v) is 25.2. The highest BCUT2D eigenvalue weighted by Crippen LogP contribution is 2.31. The van der Waals surface area contributed by atoms with E-state index in [0.717, 1.165) is 82.6 Å². The van der Waals surface area contributed by atoms with E-state index in [1.807, 2.05) is 12.1 Å². The fraction of sp³-hybridized carbons (Fsp3) is 0.677. The summed E-state index contributed by atoms with van der Waals surface area (Å²) in [6, 6.07) is 5.73. The van der Waals surface area contributed by atoms with Crippen molar-refractivity contribution in [2.75, 3.05) is 83.4 Å². The van der Waals surface area contributed by atoms with Crippen LogP contribution in [-0.4, -0.2) is 144 Å². The van der Waals surface area contributed by atoms with Crippen LogP contribution in [0.25, 0.3) is 0 Å². The number of carbonyl (C=O) groups excluding carboxylic acids is 3. The van der Waals surface area contributed by atoms with Gasteiger partial charge in [-0.3, -0.25) is 29.5 Å². The number of carbonyl (C=O) groups is 4. The normalized spacial score (nSPS) is 26.6. The Morgan fingerprint density at radius 2 is 1.70 bits per heavy atom. The monoisotopic (exact) mass is 595 g/mol. The third-order valence-electron chi connectivity index (χ3n) is 10.2. The molecule has 5 heterocycles. The molecule has 2 N–H and O–H groups in total. The molecule has 4 saturated heterocycles. The van der Waals surface area contributed by atoms with Crippen LogP contribution in [-0.2, 0) is 16.1 Å². The maximum absolute atomic E-state index is 13.0. The highest BCUT2D eigenvalue weighted by molar-refractivity contribution is 6.05. The Balaban J connectivity index is 0.919. The van der Waals surface area contributed by atoms with Gasteiger partial charge in [0.1, 0.15) is 6.04 Å². The summed E-state index contributed by atoms with van der Waals surface area (Å²) in [5.41, 5.74) is 2.75. The number of piperazine rings is 2. The Morgan fingerprint density at radius 3 is 2.40 bits per heavy atom. The van der Waals surface area contributed by atoms with E-state index in [1.165, 1.54) is 17.7 Å². The van der Waals surface area contributed by atoms with Crippen LogP contribution in [0.2, 0.25) is 0 Å². The number of rotatable bonds is 7. The number of fused-ring (bicyclic) bond motifs is 1. The van der Waals surface area contributed by atoms with E-state index in [2.05, 4.69) is 37.9 Å². The van der Waals surface area contributed by atoms with Gasteiger partial charge in [0.2, 0.25) is 11.8 Å². The van der Waals surface area contributed by atoms with Crippen molar-refractivity contribution in [3.8, 4) is 0 Å². The minimum Gasteiger partial charge on any atom is -0.465 e. The molecule has 1 unspecified atom stereocenters. The second-order valence-corrected chi connectivity index (χ2v) is 12.9. The minimum atomic E-state index is -0.809. The molecule has 6 rings (SSSR count). The molecule has 0 saturated carbocycles. The third-order valence-corrected chi connectivity index (χ3v) is 10.2. The summed E-state index contributed by atoms with van der Waals surface area (Å²) in [6.07, 6.45) is 2.29. The Kier molecular flexibility index (Phi) is 8.88. The van der Waals surface area contributed by atoms with E-state index in [-0.39, 0.29) is 30.2 Å². The van der Waals surface area contributed by atoms with Crippen LogP contribution < -0.4 is 10.2 Å². The molecule has 43 heavy (non-hydrogen) atoms. The highest BCUT2D eigenvalue weighted by Gasteiger charge is 2.39. The molecule has 2 atom stereocenters. The Hall–Kier alpha value is -3.22. The molecule has 0 bridgehead atoms. The average molecular weight is 596 g/mol. The minimum absolute atomic E-state index is 0.125. The number of hydrogen-bond acceptors (Lipinski definition) is 8. The van der Waals surface area contributed by atoms with E-state index in [4.69, 9.17) is 0 Å². The molecular weight excluding hydrogens is 550 g/mol. The van der Waals surface area contributed by atoms with Crippen LogP contribution in [0, 0.1) is 5.92 Å². The average Bonchev–Trinajstić information content (AvgIpc) is 3.32. The van der Waals surface area contributed by atoms with Crippen molar-refractivity contribution in [1.29, 1.82) is 0 Å². The SMILES string of the molecule is C[C@H]1CN(C(=O)O)CCN1CCN1CCC(CN2CCN(c3ccc4c(c3)CN(C3CCC(=O)NC3=O)C4=O)CC2)CC1. The fourth-order valence-electron chi connectivity index (χ4n) is 7.47. The van der Waals surface area contributed by atoms with Crippen LogP contribution in [0.1, 0.15) is 48.5 Å². The van der Waals surface area contributed by atoms with Crippen molar-refractivity contribution < 1.29 is 24.3 Å². The Labute approximate surface area is 253 Å². The van der Waals surface area contributed by atoms with Crippen molar-refractivity contribution in [2.24, 2.45) is 5.92 Å². The fourth-order valence-corrected chi connectivity index (χ4v) is 7.47. The molecule has 0 aliphatic carbocycles. The van der Waals surface area contributed by atoms with E-state index in [1.54, 1.807) is 4.90 Å². The Bertz CT molecular complexity index is 1230. The van der Waals surface area contributed by atoms with E-state index < -0.39 is 12.1 Å². The van der Waals surface area contributed by atoms with Crippen LogP contribution in [0.15, 0.2) is 18.2 Å². The van der Waals surface area contributed by atoms with Gasteiger partial charge in [-0.2, -0.15) is 0 Å². The van der Waals surface area contributed by atoms with Gasteiger partial charge in [-0.25, -0.2) is 4.79 Å². The summed E-state index contributed by atoms with van der Waals surface area (Å²) in [5.74, 6) is -0.0405. The van der Waals surface area contributed by atoms with Gasteiger partial charge < -0.3 is 24.7 Å². The first-order chi connectivity index (χ1) is 20.7. The van der Waals surface area contributed by atoms with Gasteiger partial charge in [-0.1, -0.05) is 0 Å². The van der Waals surface area contributed by atoms with Gasteiger partial charge in [0.05, 0.1) is 0 Å². The van der Waals surface area contributed by atoms with Gasteiger partial charge in [-0.05, 0) is 69.0 Å². The number of anilines is 1. The highest BCUT2D eigenvalue weighted by atomic mass is 16.4. The number of carboxylic acid groups (broad SMARTS) is 1. The van der Waals surface area contributed by atoms with Gasteiger partial charge >= 0.3 is 6.09 Å². The number of benzene rings is 1. The maximum atomic E-state index is 13.0. The first-order valence-electron chi connectivity index (χ1n) is 15.9. The molecule has 1 aromatic rings. The maximum Gasteiger partial charge on any atom is 0.407 e. The first-order valence-corrected chi connectivity index (χ1v) is 15.9. The zero-order chi connectivity index (χ0) is 30.1. The number of imide groups is 1. The molecule has 0 radical (unpaired) electrons. The number of nitrogens with one attached hydrogen (secondary N) is 1. The molecule has 0 spiro atoms. The predicted octanol–water partition coefficient (Wildman–Crippen LogP) is 0.966. The number of nitrogens with zero attached hydrogens (tertiary/aromatic N) is 6. The van der Waals surface area contributed by atoms with Crippen molar-refractivity contribution in [2.45, 2.75) is 51.2 Å². The first kappa shape index (κ1) is 29.8. The summed E-state index contributed by atoms with van der Waals surface area (Å²) in [4.78, 5) is 61.3. The zero-order valence-electron chi connectivity index (χ0n) is 25.2. The molecular formula is C31H45N7O5. The lowest BCUT2D eigenvalue weighted by Gasteiger charge is -2.41. The Morgan fingerprint density at radius 1 is 0.930 bits per heavy atom. The molecule has 4 fully saturated rings. The topological polar surface area (TPSA) is 120 Å². The summed E-state index contributed by atoms with van der Waals surface area (Å²) < 4.78 is 0. The number of likely N-dealkylation sites (tertiary alicyclic amines) is 1. The number of piperidine rings is 2. The largest absolute Gasteiger partial charge is 0.465 e. The molecule has 0 aromatic heterocycles.